The Bertz CT molecular complexity index is 940. The number of hydrogen-bond donors (Lipinski definition) is 2. The predicted molar refractivity (Wildman–Crippen MR) is 116 cm³/mol. The number of nitrogens with zero attached hydrogens (tertiary/aromatic N) is 2. The molecule has 0 aliphatic heterocycles. The largest absolute Gasteiger partial charge is 0.489 e. The second-order valence-corrected chi connectivity index (χ2v) is 7.85. The highest BCUT2D eigenvalue weighted by Gasteiger charge is 2.02. The summed E-state index contributed by atoms with van der Waals surface area (Å²) < 4.78 is 18.9. The summed E-state index contributed by atoms with van der Waals surface area (Å²) >= 11 is 1.72. The highest BCUT2D eigenvalue weighted by atomic mass is 32.1. The lowest BCUT2D eigenvalue weighted by atomic mass is 10.2. The Labute approximate surface area is 174 Å². The minimum atomic E-state index is -0.253. The van der Waals surface area contributed by atoms with Gasteiger partial charge in [-0.1, -0.05) is 24.3 Å². The number of rotatable bonds is 8. The van der Waals surface area contributed by atoms with Gasteiger partial charge in [0.1, 0.15) is 18.2 Å². The van der Waals surface area contributed by atoms with Crippen molar-refractivity contribution in [3.8, 4) is 5.75 Å². The van der Waals surface area contributed by atoms with Crippen molar-refractivity contribution < 1.29 is 9.13 Å². The molecule has 0 fully saturated rings. The molecule has 0 aliphatic carbocycles. The number of guanidine groups is 1. The van der Waals surface area contributed by atoms with E-state index in [1.54, 1.807) is 24.5 Å². The maximum atomic E-state index is 13.2. The molecule has 1 aromatic heterocycles. The number of benzene rings is 2. The Morgan fingerprint density at radius 2 is 1.97 bits per heavy atom. The van der Waals surface area contributed by atoms with Crippen LogP contribution in [0.5, 0.6) is 5.75 Å². The molecule has 2 aromatic carbocycles. The highest BCUT2D eigenvalue weighted by Crippen LogP contribution is 2.15. The second kappa shape index (κ2) is 10.6. The van der Waals surface area contributed by atoms with Gasteiger partial charge in [-0.25, -0.2) is 9.37 Å². The molecule has 3 rings (SSSR count). The van der Waals surface area contributed by atoms with Crippen LogP contribution >= 0.6 is 11.3 Å². The fraction of sp³-hybridized carbons (Fsp3) is 0.273. The third-order valence-electron chi connectivity index (χ3n) is 4.20. The lowest BCUT2D eigenvalue weighted by Gasteiger charge is -2.12. The molecule has 0 aliphatic rings. The van der Waals surface area contributed by atoms with Crippen LogP contribution in [0.3, 0.4) is 0 Å². The molecule has 1 heterocycles. The minimum absolute atomic E-state index is 0.253. The second-order valence-electron chi connectivity index (χ2n) is 6.53. The molecule has 0 unspecified atom stereocenters. The fourth-order valence-corrected chi connectivity index (χ4v) is 3.49. The van der Waals surface area contributed by atoms with E-state index in [1.807, 2.05) is 36.5 Å². The van der Waals surface area contributed by atoms with Crippen molar-refractivity contribution in [2.75, 3.05) is 13.6 Å². The van der Waals surface area contributed by atoms with E-state index in [0.29, 0.717) is 13.2 Å². The Balaban J connectivity index is 1.41. The van der Waals surface area contributed by atoms with E-state index < -0.39 is 0 Å². The van der Waals surface area contributed by atoms with E-state index in [9.17, 15) is 4.39 Å². The molecule has 0 spiro atoms. The zero-order chi connectivity index (χ0) is 20.5. The third kappa shape index (κ3) is 6.87. The molecule has 0 saturated carbocycles. The SMILES string of the molecule is CN=C(NCCc1ncc(C)s1)NCc1ccc(OCc2cccc(F)c2)cc1. The summed E-state index contributed by atoms with van der Waals surface area (Å²) in [4.78, 5) is 9.84. The van der Waals surface area contributed by atoms with Crippen molar-refractivity contribution in [2.24, 2.45) is 4.99 Å². The van der Waals surface area contributed by atoms with Crippen molar-refractivity contribution >= 4 is 17.3 Å². The van der Waals surface area contributed by atoms with E-state index in [0.717, 1.165) is 40.8 Å². The lowest BCUT2D eigenvalue weighted by molar-refractivity contribution is 0.305. The summed E-state index contributed by atoms with van der Waals surface area (Å²) in [7, 11) is 1.76. The van der Waals surface area contributed by atoms with Gasteiger partial charge in [-0.3, -0.25) is 4.99 Å². The van der Waals surface area contributed by atoms with Crippen molar-refractivity contribution in [2.45, 2.75) is 26.5 Å². The van der Waals surface area contributed by atoms with Gasteiger partial charge in [0.2, 0.25) is 0 Å². The summed E-state index contributed by atoms with van der Waals surface area (Å²) in [6.45, 7) is 3.83. The van der Waals surface area contributed by atoms with Gasteiger partial charge >= 0.3 is 0 Å². The van der Waals surface area contributed by atoms with Crippen molar-refractivity contribution in [3.05, 3.63) is 81.6 Å². The number of nitrogens with one attached hydrogen (secondary N) is 2. The van der Waals surface area contributed by atoms with Gasteiger partial charge in [0, 0.05) is 37.6 Å². The molecule has 0 saturated heterocycles. The summed E-state index contributed by atoms with van der Waals surface area (Å²) in [6, 6.07) is 14.3. The van der Waals surface area contributed by atoms with Crippen LogP contribution in [-0.4, -0.2) is 24.5 Å². The first-order chi connectivity index (χ1) is 14.1. The highest BCUT2D eigenvalue weighted by molar-refractivity contribution is 7.11. The number of hydrogen-bond acceptors (Lipinski definition) is 4. The average Bonchev–Trinajstić information content (AvgIpc) is 3.15. The molecule has 0 atom stereocenters. The molecule has 7 heteroatoms. The van der Waals surface area contributed by atoms with Gasteiger partial charge in [-0.2, -0.15) is 0 Å². The Hall–Kier alpha value is -2.93. The first kappa shape index (κ1) is 20.8. The van der Waals surface area contributed by atoms with E-state index in [-0.39, 0.29) is 5.82 Å². The normalized spacial score (nSPS) is 11.3. The third-order valence-corrected chi connectivity index (χ3v) is 5.17. The molecule has 29 heavy (non-hydrogen) atoms. The van der Waals surface area contributed by atoms with Crippen LogP contribution < -0.4 is 15.4 Å². The maximum Gasteiger partial charge on any atom is 0.191 e. The van der Waals surface area contributed by atoms with Gasteiger partial charge in [0.25, 0.3) is 0 Å². The van der Waals surface area contributed by atoms with Gasteiger partial charge in [0.15, 0.2) is 5.96 Å². The van der Waals surface area contributed by atoms with Crippen LogP contribution in [0.15, 0.2) is 59.7 Å². The Morgan fingerprint density at radius 3 is 2.66 bits per heavy atom. The van der Waals surface area contributed by atoms with Crippen molar-refractivity contribution in [1.82, 2.24) is 15.6 Å². The quantitative estimate of drug-likeness (QED) is 0.432. The van der Waals surface area contributed by atoms with Crippen LogP contribution in [0.25, 0.3) is 0 Å². The zero-order valence-corrected chi connectivity index (χ0v) is 17.4. The average molecular weight is 413 g/mol. The lowest BCUT2D eigenvalue weighted by Crippen LogP contribution is -2.37. The summed E-state index contributed by atoms with van der Waals surface area (Å²) in [5.41, 5.74) is 1.92. The molecular weight excluding hydrogens is 387 g/mol. The van der Waals surface area contributed by atoms with Gasteiger partial charge < -0.3 is 15.4 Å². The predicted octanol–water partition coefficient (Wildman–Crippen LogP) is 4.08. The number of aryl methyl sites for hydroxylation is 1. The summed E-state index contributed by atoms with van der Waals surface area (Å²) in [5.74, 6) is 1.25. The first-order valence-corrected chi connectivity index (χ1v) is 10.3. The molecule has 5 nitrogen and oxygen atoms in total. The van der Waals surface area contributed by atoms with Gasteiger partial charge in [-0.15, -0.1) is 11.3 Å². The Kier molecular flexibility index (Phi) is 7.58. The van der Waals surface area contributed by atoms with E-state index in [2.05, 4.69) is 27.5 Å². The number of ether oxygens (including phenoxy) is 1. The summed E-state index contributed by atoms with van der Waals surface area (Å²) in [6.07, 6.45) is 2.77. The summed E-state index contributed by atoms with van der Waals surface area (Å²) in [5, 5.41) is 7.73. The number of thiazole rings is 1. The first-order valence-electron chi connectivity index (χ1n) is 9.44. The van der Waals surface area contributed by atoms with Gasteiger partial charge in [-0.05, 0) is 42.3 Å². The molecule has 2 N–H and O–H groups in total. The van der Waals surface area contributed by atoms with E-state index in [1.165, 1.54) is 17.0 Å². The fourth-order valence-electron chi connectivity index (χ4n) is 2.71. The molecule has 0 radical (unpaired) electrons. The zero-order valence-electron chi connectivity index (χ0n) is 16.6. The monoisotopic (exact) mass is 412 g/mol. The van der Waals surface area contributed by atoms with Crippen molar-refractivity contribution in [1.29, 1.82) is 0 Å². The Morgan fingerprint density at radius 1 is 1.14 bits per heavy atom. The molecular formula is C22H25FN4OS. The molecule has 3 aromatic rings. The molecule has 0 amide bonds. The van der Waals surface area contributed by atoms with Crippen LogP contribution in [0.4, 0.5) is 4.39 Å². The van der Waals surface area contributed by atoms with Crippen LogP contribution in [0.2, 0.25) is 0 Å². The number of halogens is 1. The molecule has 152 valence electrons. The van der Waals surface area contributed by atoms with E-state index >= 15 is 0 Å². The van der Waals surface area contributed by atoms with Crippen LogP contribution in [0, 0.1) is 12.7 Å². The van der Waals surface area contributed by atoms with Crippen LogP contribution in [0.1, 0.15) is 21.0 Å². The van der Waals surface area contributed by atoms with E-state index in [4.69, 9.17) is 4.74 Å². The number of aliphatic imine (C=N–C) groups is 1. The number of aromatic nitrogens is 1. The standard InChI is InChI=1S/C22H25FN4OS/c1-16-13-26-21(29-16)10-11-25-22(24-2)27-14-17-6-8-20(9-7-17)28-15-18-4-3-5-19(23)12-18/h3-9,12-13H,10-11,14-15H2,1-2H3,(H2,24,25,27). The van der Waals surface area contributed by atoms with Crippen molar-refractivity contribution in [3.63, 3.8) is 0 Å². The van der Waals surface area contributed by atoms with Gasteiger partial charge in [0.05, 0.1) is 5.01 Å². The minimum Gasteiger partial charge on any atom is -0.489 e. The topological polar surface area (TPSA) is 58.5 Å². The molecule has 0 bridgehead atoms. The maximum absolute atomic E-state index is 13.2. The van der Waals surface area contributed by atoms with Crippen LogP contribution in [-0.2, 0) is 19.6 Å². The smallest absolute Gasteiger partial charge is 0.191 e.